The molecule has 2 rings (SSSR count). The maximum atomic E-state index is 12.6. The molecule has 1 aliphatic rings. The largest absolute Gasteiger partial charge is 0.449 e. The standard InChI is InChI=1S/C16H18F3NO3/c1-10(14(21)20-13-7-2-3-8-13)23-15(22)11-5-4-6-12(9-11)16(17,18)19/h4-6,9-10,13H,2-3,7-8H2,1H3,(H,20,21)/t10-/m1/s1. The van der Waals surface area contributed by atoms with E-state index in [0.29, 0.717) is 6.07 Å². The Hall–Kier alpha value is -2.05. The molecule has 0 radical (unpaired) electrons. The lowest BCUT2D eigenvalue weighted by Gasteiger charge is -2.17. The number of nitrogens with one attached hydrogen (secondary N) is 1. The van der Waals surface area contributed by atoms with E-state index < -0.39 is 29.7 Å². The summed E-state index contributed by atoms with van der Waals surface area (Å²) in [5.74, 6) is -1.39. The lowest BCUT2D eigenvalue weighted by molar-refractivity contribution is -0.137. The van der Waals surface area contributed by atoms with Gasteiger partial charge in [0.15, 0.2) is 6.10 Å². The number of halogens is 3. The van der Waals surface area contributed by atoms with Gasteiger partial charge in [0, 0.05) is 6.04 Å². The second kappa shape index (κ2) is 7.02. The summed E-state index contributed by atoms with van der Waals surface area (Å²) >= 11 is 0. The molecule has 23 heavy (non-hydrogen) atoms. The summed E-state index contributed by atoms with van der Waals surface area (Å²) in [5.41, 5.74) is -1.17. The minimum absolute atomic E-state index is 0.0807. The topological polar surface area (TPSA) is 55.4 Å². The van der Waals surface area contributed by atoms with Crippen molar-refractivity contribution < 1.29 is 27.5 Å². The molecule has 1 aromatic rings. The minimum atomic E-state index is -4.54. The van der Waals surface area contributed by atoms with Crippen LogP contribution < -0.4 is 5.32 Å². The monoisotopic (exact) mass is 329 g/mol. The van der Waals surface area contributed by atoms with Gasteiger partial charge in [-0.15, -0.1) is 0 Å². The predicted molar refractivity (Wildman–Crippen MR) is 76.7 cm³/mol. The molecule has 1 fully saturated rings. The van der Waals surface area contributed by atoms with Gasteiger partial charge in [0.1, 0.15) is 0 Å². The van der Waals surface area contributed by atoms with Gasteiger partial charge >= 0.3 is 12.1 Å². The van der Waals surface area contributed by atoms with Crippen molar-refractivity contribution in [2.75, 3.05) is 0 Å². The van der Waals surface area contributed by atoms with E-state index in [1.807, 2.05) is 0 Å². The molecule has 4 nitrogen and oxygen atoms in total. The maximum absolute atomic E-state index is 12.6. The Kier molecular flexibility index (Phi) is 5.28. The fourth-order valence-electron chi connectivity index (χ4n) is 2.49. The van der Waals surface area contributed by atoms with Crippen molar-refractivity contribution in [1.29, 1.82) is 0 Å². The van der Waals surface area contributed by atoms with Crippen LogP contribution in [0.5, 0.6) is 0 Å². The third-order valence-corrected chi connectivity index (χ3v) is 3.78. The normalized spacial score (nSPS) is 16.9. The van der Waals surface area contributed by atoms with E-state index in [2.05, 4.69) is 5.32 Å². The number of benzene rings is 1. The van der Waals surface area contributed by atoms with Gasteiger partial charge in [-0.05, 0) is 38.0 Å². The van der Waals surface area contributed by atoms with Crippen molar-refractivity contribution in [3.05, 3.63) is 35.4 Å². The summed E-state index contributed by atoms with van der Waals surface area (Å²) in [7, 11) is 0. The third kappa shape index (κ3) is 4.71. The van der Waals surface area contributed by atoms with Crippen molar-refractivity contribution in [3.63, 3.8) is 0 Å². The molecule has 0 aliphatic heterocycles. The van der Waals surface area contributed by atoms with Crippen molar-refractivity contribution in [3.8, 4) is 0 Å². The number of ether oxygens (including phenoxy) is 1. The van der Waals surface area contributed by atoms with E-state index >= 15 is 0 Å². The van der Waals surface area contributed by atoms with Crippen molar-refractivity contribution in [2.45, 2.75) is 50.9 Å². The number of carbonyl (C=O) groups excluding carboxylic acids is 2. The number of carbonyl (C=O) groups is 2. The number of alkyl halides is 3. The molecule has 1 aromatic carbocycles. The molecule has 0 saturated heterocycles. The van der Waals surface area contributed by atoms with Crippen LogP contribution in [0.3, 0.4) is 0 Å². The van der Waals surface area contributed by atoms with Gasteiger partial charge in [0.2, 0.25) is 0 Å². The first-order chi connectivity index (χ1) is 10.8. The molecule has 1 atom stereocenters. The van der Waals surface area contributed by atoms with Crippen LogP contribution in [0.2, 0.25) is 0 Å². The van der Waals surface area contributed by atoms with Gasteiger partial charge in [-0.2, -0.15) is 13.2 Å². The average Bonchev–Trinajstić information content (AvgIpc) is 2.99. The molecular formula is C16H18F3NO3. The molecule has 0 unspecified atom stereocenters. The van der Waals surface area contributed by atoms with Gasteiger partial charge in [0.05, 0.1) is 11.1 Å². The highest BCUT2D eigenvalue weighted by Gasteiger charge is 2.31. The van der Waals surface area contributed by atoms with Gasteiger partial charge < -0.3 is 10.1 Å². The smallest absolute Gasteiger partial charge is 0.416 e. The SMILES string of the molecule is C[C@@H](OC(=O)c1cccc(C(F)(F)F)c1)C(=O)NC1CCCC1. The number of amides is 1. The molecule has 1 aliphatic carbocycles. The summed E-state index contributed by atoms with van der Waals surface area (Å²) in [6, 6.07) is 4.01. The molecule has 0 spiro atoms. The van der Waals surface area contributed by atoms with E-state index in [4.69, 9.17) is 4.74 Å². The quantitative estimate of drug-likeness (QED) is 0.862. The fourth-order valence-corrected chi connectivity index (χ4v) is 2.49. The van der Waals surface area contributed by atoms with Crippen LogP contribution in [0.15, 0.2) is 24.3 Å². The molecule has 126 valence electrons. The van der Waals surface area contributed by atoms with Gasteiger partial charge in [-0.3, -0.25) is 4.79 Å². The number of esters is 1. The number of hydrogen-bond donors (Lipinski definition) is 1. The van der Waals surface area contributed by atoms with E-state index in [9.17, 15) is 22.8 Å². The molecule has 0 heterocycles. The van der Waals surface area contributed by atoms with E-state index in [1.54, 1.807) is 0 Å². The zero-order valence-electron chi connectivity index (χ0n) is 12.7. The third-order valence-electron chi connectivity index (χ3n) is 3.78. The summed E-state index contributed by atoms with van der Waals surface area (Å²) in [5, 5.41) is 2.77. The van der Waals surface area contributed by atoms with Gasteiger partial charge in [0.25, 0.3) is 5.91 Å². The summed E-state index contributed by atoms with van der Waals surface area (Å²) in [6.07, 6.45) is -1.73. The second-order valence-corrected chi connectivity index (χ2v) is 5.62. The van der Waals surface area contributed by atoms with Crippen molar-refractivity contribution in [2.24, 2.45) is 0 Å². The Balaban J connectivity index is 1.96. The van der Waals surface area contributed by atoms with Crippen LogP contribution in [0.4, 0.5) is 13.2 Å². The first kappa shape index (κ1) is 17.3. The fraction of sp³-hybridized carbons (Fsp3) is 0.500. The van der Waals surface area contributed by atoms with E-state index in [-0.39, 0.29) is 11.6 Å². The summed E-state index contributed by atoms with van der Waals surface area (Å²) < 4.78 is 42.9. The lowest BCUT2D eigenvalue weighted by Crippen LogP contribution is -2.40. The number of rotatable bonds is 4. The van der Waals surface area contributed by atoms with Crippen LogP contribution in [0, 0.1) is 0 Å². The van der Waals surface area contributed by atoms with Crippen molar-refractivity contribution >= 4 is 11.9 Å². The van der Waals surface area contributed by atoms with Crippen LogP contribution in [-0.2, 0) is 15.7 Å². The minimum Gasteiger partial charge on any atom is -0.449 e. The highest BCUT2D eigenvalue weighted by atomic mass is 19.4. The Bertz CT molecular complexity index is 580. The number of hydrogen-bond acceptors (Lipinski definition) is 3. The Morgan fingerprint density at radius 3 is 2.52 bits per heavy atom. The molecule has 1 amide bonds. The summed E-state index contributed by atoms with van der Waals surface area (Å²) in [6.45, 7) is 1.40. The second-order valence-electron chi connectivity index (χ2n) is 5.62. The molecule has 1 saturated carbocycles. The first-order valence-corrected chi connectivity index (χ1v) is 7.46. The van der Waals surface area contributed by atoms with Crippen LogP contribution >= 0.6 is 0 Å². The Morgan fingerprint density at radius 1 is 1.26 bits per heavy atom. The molecule has 7 heteroatoms. The highest BCUT2D eigenvalue weighted by molar-refractivity contribution is 5.92. The highest BCUT2D eigenvalue weighted by Crippen LogP contribution is 2.29. The van der Waals surface area contributed by atoms with E-state index in [0.717, 1.165) is 37.8 Å². The predicted octanol–water partition coefficient (Wildman–Crippen LogP) is 3.31. The molecular weight excluding hydrogens is 311 g/mol. The van der Waals surface area contributed by atoms with Crippen LogP contribution in [0.1, 0.15) is 48.5 Å². The van der Waals surface area contributed by atoms with Gasteiger partial charge in [-0.25, -0.2) is 4.79 Å². The average molecular weight is 329 g/mol. The molecule has 1 N–H and O–H groups in total. The summed E-state index contributed by atoms with van der Waals surface area (Å²) in [4.78, 5) is 23.8. The zero-order valence-corrected chi connectivity index (χ0v) is 12.7. The van der Waals surface area contributed by atoms with Crippen LogP contribution in [0.25, 0.3) is 0 Å². The Morgan fingerprint density at radius 2 is 1.91 bits per heavy atom. The molecule has 0 aromatic heterocycles. The van der Waals surface area contributed by atoms with Crippen LogP contribution in [-0.4, -0.2) is 24.0 Å². The molecule has 0 bridgehead atoms. The van der Waals surface area contributed by atoms with Gasteiger partial charge in [-0.1, -0.05) is 18.9 Å². The first-order valence-electron chi connectivity index (χ1n) is 7.46. The Labute approximate surface area is 132 Å². The maximum Gasteiger partial charge on any atom is 0.416 e. The van der Waals surface area contributed by atoms with E-state index in [1.165, 1.54) is 13.0 Å². The van der Waals surface area contributed by atoms with Crippen molar-refractivity contribution in [1.82, 2.24) is 5.32 Å². The lowest BCUT2D eigenvalue weighted by atomic mass is 10.1. The zero-order chi connectivity index (χ0) is 17.0.